The van der Waals surface area contributed by atoms with Gasteiger partial charge in [-0.1, -0.05) is 24.3 Å². The molecule has 0 aliphatic carbocycles. The number of ether oxygens (including phenoxy) is 1. The monoisotopic (exact) mass is 284 g/mol. The van der Waals surface area contributed by atoms with Crippen LogP contribution in [0.5, 0.6) is 0 Å². The highest BCUT2D eigenvalue weighted by atomic mass is 19.3. The molecule has 0 N–H and O–H groups in total. The van der Waals surface area contributed by atoms with E-state index in [1.54, 1.807) is 18.2 Å². The molecule has 1 aliphatic heterocycles. The van der Waals surface area contributed by atoms with Gasteiger partial charge in [0.2, 0.25) is 0 Å². The van der Waals surface area contributed by atoms with Gasteiger partial charge in [-0.25, -0.2) is 0 Å². The molecule has 0 bridgehead atoms. The smallest absolute Gasteiger partial charge is 0.399 e. The third-order valence-corrected chi connectivity index (χ3v) is 3.85. The third-order valence-electron chi connectivity index (χ3n) is 3.85. The van der Waals surface area contributed by atoms with E-state index in [1.165, 1.54) is 0 Å². The Kier molecular flexibility index (Phi) is 4.18. The molecule has 20 heavy (non-hydrogen) atoms. The zero-order valence-corrected chi connectivity index (χ0v) is 12.2. The maximum Gasteiger partial charge on any atom is 0.494 e. The van der Waals surface area contributed by atoms with Crippen LogP contribution in [0.3, 0.4) is 0 Å². The van der Waals surface area contributed by atoms with Gasteiger partial charge in [0.1, 0.15) is 0 Å². The van der Waals surface area contributed by atoms with Crippen LogP contribution >= 0.6 is 0 Å². The standard InChI is InChI=1S/C14H19BF2O3/c1-13(2)14(3,4)20-15(19-13)11-7-5-6-10(8-11)9-18-12(16)17/h5-8,12H,9H2,1-4H3. The quantitative estimate of drug-likeness (QED) is 0.796. The van der Waals surface area contributed by atoms with Crippen molar-refractivity contribution in [2.75, 3.05) is 0 Å². The van der Waals surface area contributed by atoms with Crippen LogP contribution in [0.1, 0.15) is 33.3 Å². The number of hydrogen-bond donors (Lipinski definition) is 0. The summed E-state index contributed by atoms with van der Waals surface area (Å²) in [6, 6.07) is 7.14. The normalized spacial score (nSPS) is 20.6. The van der Waals surface area contributed by atoms with Crippen LogP contribution in [0, 0.1) is 0 Å². The average Bonchev–Trinajstić information content (AvgIpc) is 2.56. The van der Waals surface area contributed by atoms with E-state index < -0.39 is 24.9 Å². The molecule has 110 valence electrons. The molecule has 1 saturated heterocycles. The minimum Gasteiger partial charge on any atom is -0.399 e. The van der Waals surface area contributed by atoms with E-state index in [2.05, 4.69) is 4.74 Å². The van der Waals surface area contributed by atoms with Crippen LogP contribution in [-0.2, 0) is 20.7 Å². The van der Waals surface area contributed by atoms with Crippen molar-refractivity contribution in [1.29, 1.82) is 0 Å². The van der Waals surface area contributed by atoms with E-state index in [9.17, 15) is 8.78 Å². The summed E-state index contributed by atoms with van der Waals surface area (Å²) in [6.45, 7) is 4.97. The molecule has 3 nitrogen and oxygen atoms in total. The molecule has 1 aromatic rings. The minimum atomic E-state index is -2.77. The lowest BCUT2D eigenvalue weighted by Crippen LogP contribution is -2.41. The van der Waals surface area contributed by atoms with Gasteiger partial charge in [0.05, 0.1) is 17.8 Å². The average molecular weight is 284 g/mol. The van der Waals surface area contributed by atoms with Gasteiger partial charge in [-0.2, -0.15) is 8.78 Å². The predicted molar refractivity (Wildman–Crippen MR) is 73.0 cm³/mol. The molecule has 0 amide bonds. The zero-order chi connectivity index (χ0) is 15.0. The van der Waals surface area contributed by atoms with Gasteiger partial charge in [0.15, 0.2) is 0 Å². The molecule has 0 aromatic heterocycles. The van der Waals surface area contributed by atoms with Crippen molar-refractivity contribution in [2.45, 2.75) is 52.1 Å². The number of hydrogen-bond acceptors (Lipinski definition) is 3. The largest absolute Gasteiger partial charge is 0.494 e. The Balaban J connectivity index is 2.12. The molecule has 0 saturated carbocycles. The van der Waals surface area contributed by atoms with Crippen molar-refractivity contribution >= 4 is 12.6 Å². The maximum absolute atomic E-state index is 12.1. The van der Waals surface area contributed by atoms with Gasteiger partial charge < -0.3 is 14.0 Å². The highest BCUT2D eigenvalue weighted by molar-refractivity contribution is 6.62. The number of rotatable bonds is 4. The fraction of sp³-hybridized carbons (Fsp3) is 0.571. The SMILES string of the molecule is CC1(C)OB(c2cccc(COC(F)F)c2)OC1(C)C. The molecule has 0 unspecified atom stereocenters. The summed E-state index contributed by atoms with van der Waals surface area (Å²) >= 11 is 0. The summed E-state index contributed by atoms with van der Waals surface area (Å²) in [5.74, 6) is 0. The molecule has 0 radical (unpaired) electrons. The molecular formula is C14H19BF2O3. The lowest BCUT2D eigenvalue weighted by Gasteiger charge is -2.32. The Morgan fingerprint density at radius 1 is 1.15 bits per heavy atom. The van der Waals surface area contributed by atoms with Gasteiger partial charge in [-0.05, 0) is 38.7 Å². The second kappa shape index (κ2) is 5.43. The Morgan fingerprint density at radius 2 is 1.75 bits per heavy atom. The van der Waals surface area contributed by atoms with Crippen LogP contribution in [0.25, 0.3) is 0 Å². The van der Waals surface area contributed by atoms with Crippen LogP contribution in [-0.4, -0.2) is 24.9 Å². The van der Waals surface area contributed by atoms with Crippen molar-refractivity contribution in [3.63, 3.8) is 0 Å². The van der Waals surface area contributed by atoms with Crippen molar-refractivity contribution in [2.24, 2.45) is 0 Å². The van der Waals surface area contributed by atoms with E-state index >= 15 is 0 Å². The summed E-state index contributed by atoms with van der Waals surface area (Å²) in [5.41, 5.74) is 0.622. The van der Waals surface area contributed by atoms with E-state index in [-0.39, 0.29) is 6.61 Å². The first-order valence-corrected chi connectivity index (χ1v) is 6.55. The Morgan fingerprint density at radius 3 is 2.30 bits per heavy atom. The van der Waals surface area contributed by atoms with Crippen LogP contribution in [0.2, 0.25) is 0 Å². The first-order chi connectivity index (χ1) is 9.21. The summed E-state index contributed by atoms with van der Waals surface area (Å²) < 4.78 is 40.3. The minimum absolute atomic E-state index is 0.134. The van der Waals surface area contributed by atoms with E-state index in [0.29, 0.717) is 5.56 Å². The van der Waals surface area contributed by atoms with Gasteiger partial charge >= 0.3 is 13.7 Å². The van der Waals surface area contributed by atoms with Crippen LogP contribution < -0.4 is 5.46 Å². The number of halogens is 2. The predicted octanol–water partition coefficient (Wildman–Crippen LogP) is 2.73. The third kappa shape index (κ3) is 3.19. The lowest BCUT2D eigenvalue weighted by molar-refractivity contribution is -0.137. The summed E-state index contributed by atoms with van der Waals surface area (Å²) in [5, 5.41) is 0. The van der Waals surface area contributed by atoms with Crippen molar-refractivity contribution < 1.29 is 22.8 Å². The molecule has 6 heteroatoms. The second-order valence-electron chi connectivity index (χ2n) is 5.90. The van der Waals surface area contributed by atoms with Crippen molar-refractivity contribution in [3.05, 3.63) is 29.8 Å². The zero-order valence-electron chi connectivity index (χ0n) is 12.2. The summed E-state index contributed by atoms with van der Waals surface area (Å²) in [7, 11) is -0.494. The van der Waals surface area contributed by atoms with Gasteiger partial charge in [0.25, 0.3) is 0 Å². The van der Waals surface area contributed by atoms with Crippen molar-refractivity contribution in [1.82, 2.24) is 0 Å². The second-order valence-corrected chi connectivity index (χ2v) is 5.90. The van der Waals surface area contributed by atoms with Crippen molar-refractivity contribution in [3.8, 4) is 0 Å². The Hall–Kier alpha value is -0.975. The maximum atomic E-state index is 12.1. The molecule has 1 fully saturated rings. The molecule has 1 aliphatic rings. The summed E-state index contributed by atoms with van der Waals surface area (Å²) in [6.07, 6.45) is 0. The first-order valence-electron chi connectivity index (χ1n) is 6.55. The fourth-order valence-corrected chi connectivity index (χ4v) is 1.97. The molecule has 2 rings (SSSR count). The van der Waals surface area contributed by atoms with Gasteiger partial charge in [-0.3, -0.25) is 0 Å². The topological polar surface area (TPSA) is 27.7 Å². The van der Waals surface area contributed by atoms with Crippen LogP contribution in [0.4, 0.5) is 8.78 Å². The van der Waals surface area contributed by atoms with E-state index in [0.717, 1.165) is 5.46 Å². The number of benzene rings is 1. The first kappa shape index (κ1) is 15.4. The highest BCUT2D eigenvalue weighted by Gasteiger charge is 2.51. The number of alkyl halides is 2. The molecule has 1 heterocycles. The Bertz CT molecular complexity index is 461. The highest BCUT2D eigenvalue weighted by Crippen LogP contribution is 2.36. The molecule has 0 spiro atoms. The molecular weight excluding hydrogens is 265 g/mol. The van der Waals surface area contributed by atoms with Gasteiger partial charge in [-0.15, -0.1) is 0 Å². The van der Waals surface area contributed by atoms with E-state index in [1.807, 2.05) is 33.8 Å². The fourth-order valence-electron chi connectivity index (χ4n) is 1.97. The summed E-state index contributed by atoms with van der Waals surface area (Å²) in [4.78, 5) is 0. The molecule has 0 atom stereocenters. The van der Waals surface area contributed by atoms with E-state index in [4.69, 9.17) is 9.31 Å². The molecule has 1 aromatic carbocycles. The van der Waals surface area contributed by atoms with Gasteiger partial charge in [0, 0.05) is 0 Å². The lowest BCUT2D eigenvalue weighted by atomic mass is 9.78. The van der Waals surface area contributed by atoms with Crippen LogP contribution in [0.15, 0.2) is 24.3 Å². The Labute approximate surface area is 118 Å².